The molecule has 0 amide bonds. The summed E-state index contributed by atoms with van der Waals surface area (Å²) in [7, 11) is 0. The predicted molar refractivity (Wildman–Crippen MR) is 96.9 cm³/mol. The number of Topliss-reactive ketones (excluding diaryl/α,β-unsaturated/α-hetero) is 1. The number of ketones is 1. The summed E-state index contributed by atoms with van der Waals surface area (Å²) in [5.41, 5.74) is 0.113. The van der Waals surface area contributed by atoms with Crippen LogP contribution in [0.3, 0.4) is 0 Å². The van der Waals surface area contributed by atoms with Crippen LogP contribution < -0.4 is 0 Å². The first-order valence-corrected chi connectivity index (χ1v) is 9.29. The van der Waals surface area contributed by atoms with Crippen LogP contribution in [0.2, 0.25) is 0 Å². The topological polar surface area (TPSA) is 83.8 Å². The van der Waals surface area contributed by atoms with E-state index in [-0.39, 0.29) is 24.7 Å². The lowest BCUT2D eigenvalue weighted by Crippen LogP contribution is -2.45. The van der Waals surface area contributed by atoms with E-state index in [0.29, 0.717) is 6.42 Å². The Morgan fingerprint density at radius 3 is 2.48 bits per heavy atom. The molecule has 0 aromatic carbocycles. The molecule has 4 atom stereocenters. The average molecular weight is 354 g/mol. The maximum Gasteiger partial charge on any atom is 0.308 e. The fourth-order valence-corrected chi connectivity index (χ4v) is 3.32. The first-order chi connectivity index (χ1) is 11.6. The van der Waals surface area contributed by atoms with Crippen molar-refractivity contribution in [1.82, 2.24) is 0 Å². The summed E-state index contributed by atoms with van der Waals surface area (Å²) >= 11 is 0. The number of hydrogen-bond acceptors (Lipinski definition) is 5. The second-order valence-electron chi connectivity index (χ2n) is 8.01. The maximum absolute atomic E-state index is 12.8. The van der Waals surface area contributed by atoms with Crippen molar-refractivity contribution in [2.45, 2.75) is 78.9 Å². The molecule has 5 nitrogen and oxygen atoms in total. The van der Waals surface area contributed by atoms with Crippen LogP contribution in [0.4, 0.5) is 0 Å². The highest BCUT2D eigenvalue weighted by molar-refractivity contribution is 5.87. The third kappa shape index (κ3) is 6.23. The van der Waals surface area contributed by atoms with E-state index in [1.54, 1.807) is 20.8 Å². The number of esters is 1. The van der Waals surface area contributed by atoms with E-state index in [2.05, 4.69) is 6.08 Å². The number of rotatable bonds is 0. The molecule has 5 heteroatoms. The van der Waals surface area contributed by atoms with E-state index in [1.165, 1.54) is 5.57 Å². The summed E-state index contributed by atoms with van der Waals surface area (Å²) in [5.74, 6) is -1.33. The molecule has 0 saturated carbocycles. The van der Waals surface area contributed by atoms with Gasteiger partial charge in [-0.15, -0.1) is 0 Å². The van der Waals surface area contributed by atoms with Gasteiger partial charge in [-0.25, -0.2) is 0 Å². The molecular formula is C20H34O5. The molecule has 1 aliphatic rings. The van der Waals surface area contributed by atoms with Gasteiger partial charge >= 0.3 is 5.97 Å². The van der Waals surface area contributed by atoms with Gasteiger partial charge in [0.25, 0.3) is 0 Å². The molecule has 0 aromatic heterocycles. The molecule has 0 aromatic rings. The van der Waals surface area contributed by atoms with Crippen molar-refractivity contribution in [1.29, 1.82) is 0 Å². The van der Waals surface area contributed by atoms with Crippen LogP contribution in [0.25, 0.3) is 0 Å². The van der Waals surface area contributed by atoms with Gasteiger partial charge in [0.15, 0.2) is 0 Å². The molecule has 144 valence electrons. The van der Waals surface area contributed by atoms with Crippen molar-refractivity contribution in [3.8, 4) is 0 Å². The molecule has 1 rings (SSSR count). The Kier molecular flexibility index (Phi) is 8.29. The van der Waals surface area contributed by atoms with Gasteiger partial charge in [-0.3, -0.25) is 9.59 Å². The minimum absolute atomic E-state index is 0.00226. The van der Waals surface area contributed by atoms with Crippen molar-refractivity contribution in [3.63, 3.8) is 0 Å². The Balaban J connectivity index is 2.97. The monoisotopic (exact) mass is 354 g/mol. The van der Waals surface area contributed by atoms with Gasteiger partial charge in [0.05, 0.1) is 30.7 Å². The van der Waals surface area contributed by atoms with Crippen molar-refractivity contribution >= 4 is 11.8 Å². The van der Waals surface area contributed by atoms with Gasteiger partial charge in [-0.1, -0.05) is 39.3 Å². The zero-order valence-electron chi connectivity index (χ0n) is 16.2. The molecule has 25 heavy (non-hydrogen) atoms. The molecular weight excluding hydrogens is 320 g/mol. The number of aliphatic hydroxyl groups is 2. The molecule has 0 radical (unpaired) electrons. The third-order valence-electron chi connectivity index (χ3n) is 5.44. The number of carbonyl (C=O) groups excluding carboxylic acids is 2. The lowest BCUT2D eigenvalue weighted by Gasteiger charge is -2.34. The van der Waals surface area contributed by atoms with Gasteiger partial charge in [-0.05, 0) is 38.5 Å². The zero-order chi connectivity index (χ0) is 19.2. The molecule has 0 bridgehead atoms. The summed E-state index contributed by atoms with van der Waals surface area (Å²) in [6.45, 7) is 9.22. The minimum atomic E-state index is -1.14. The molecule has 0 fully saturated rings. The van der Waals surface area contributed by atoms with E-state index in [1.807, 2.05) is 13.8 Å². The van der Waals surface area contributed by atoms with E-state index < -0.39 is 29.5 Å². The van der Waals surface area contributed by atoms with Gasteiger partial charge < -0.3 is 14.9 Å². The first kappa shape index (κ1) is 21.8. The smallest absolute Gasteiger partial charge is 0.308 e. The van der Waals surface area contributed by atoms with Crippen molar-refractivity contribution in [3.05, 3.63) is 11.6 Å². The minimum Gasteiger partial charge on any atom is -0.465 e. The SMILES string of the molecule is C/C1=C/CCOC(=O)C[C@@H](O)C(C)(C)C(=O)[C@@H](C)[C@@H](O)[C@@H](C)CCC1. The lowest BCUT2D eigenvalue weighted by molar-refractivity contribution is -0.151. The summed E-state index contributed by atoms with van der Waals surface area (Å²) in [5, 5.41) is 20.9. The summed E-state index contributed by atoms with van der Waals surface area (Å²) in [4.78, 5) is 24.7. The molecule has 0 unspecified atom stereocenters. The van der Waals surface area contributed by atoms with Crippen molar-refractivity contribution in [2.24, 2.45) is 17.3 Å². The number of ether oxygens (including phenoxy) is 1. The highest BCUT2D eigenvalue weighted by Gasteiger charge is 2.42. The molecule has 2 N–H and O–H groups in total. The zero-order valence-corrected chi connectivity index (χ0v) is 16.2. The van der Waals surface area contributed by atoms with E-state index >= 15 is 0 Å². The summed E-state index contributed by atoms with van der Waals surface area (Å²) < 4.78 is 5.15. The Labute approximate surface area is 151 Å². The molecule has 1 aliphatic heterocycles. The normalized spacial score (nSPS) is 35.6. The van der Waals surface area contributed by atoms with Crippen LogP contribution in [-0.2, 0) is 14.3 Å². The molecule has 0 spiro atoms. The van der Waals surface area contributed by atoms with Crippen molar-refractivity contribution < 1.29 is 24.5 Å². The van der Waals surface area contributed by atoms with Crippen LogP contribution in [0.15, 0.2) is 11.6 Å². The van der Waals surface area contributed by atoms with E-state index in [4.69, 9.17) is 4.74 Å². The van der Waals surface area contributed by atoms with Crippen molar-refractivity contribution in [2.75, 3.05) is 6.61 Å². The fourth-order valence-electron chi connectivity index (χ4n) is 3.32. The lowest BCUT2D eigenvalue weighted by atomic mass is 9.73. The largest absolute Gasteiger partial charge is 0.465 e. The number of cyclic esters (lactones) is 1. The fraction of sp³-hybridized carbons (Fsp3) is 0.800. The molecule has 0 aliphatic carbocycles. The summed E-state index contributed by atoms with van der Waals surface area (Å²) in [6.07, 6.45) is 3.29. The highest BCUT2D eigenvalue weighted by atomic mass is 16.5. The maximum atomic E-state index is 12.8. The van der Waals surface area contributed by atoms with Crippen LogP contribution in [0, 0.1) is 17.3 Å². The number of allylic oxidation sites excluding steroid dienone is 1. The Bertz CT molecular complexity index is 494. The number of hydrogen-bond donors (Lipinski definition) is 2. The number of aliphatic hydroxyl groups excluding tert-OH is 2. The van der Waals surface area contributed by atoms with Crippen LogP contribution >= 0.6 is 0 Å². The quantitative estimate of drug-likeness (QED) is 0.516. The second-order valence-corrected chi connectivity index (χ2v) is 8.01. The van der Waals surface area contributed by atoms with E-state index in [0.717, 1.165) is 19.3 Å². The third-order valence-corrected chi connectivity index (χ3v) is 5.44. The number of carbonyl (C=O) groups is 2. The van der Waals surface area contributed by atoms with Crippen LogP contribution in [0.1, 0.15) is 66.7 Å². The van der Waals surface area contributed by atoms with Gasteiger partial charge in [0, 0.05) is 5.92 Å². The Hall–Kier alpha value is -1.20. The van der Waals surface area contributed by atoms with Gasteiger partial charge in [0.1, 0.15) is 5.78 Å². The first-order valence-electron chi connectivity index (χ1n) is 9.29. The second kappa shape index (κ2) is 9.48. The molecule has 1 heterocycles. The average Bonchev–Trinajstić information content (AvgIpc) is 2.55. The van der Waals surface area contributed by atoms with E-state index in [9.17, 15) is 19.8 Å². The standard InChI is InChI=1S/C20H34O5/c1-13-8-6-10-14(2)18(23)15(3)19(24)20(4,5)16(21)12-17(22)25-11-7-9-13/h9,14-16,18,21,23H,6-8,10-12H2,1-5H3/b13-9-/t14-,15-,16+,18-/m0/s1. The summed E-state index contributed by atoms with van der Waals surface area (Å²) in [6, 6.07) is 0. The van der Waals surface area contributed by atoms with Gasteiger partial charge in [0.2, 0.25) is 0 Å². The van der Waals surface area contributed by atoms with Gasteiger partial charge in [-0.2, -0.15) is 0 Å². The van der Waals surface area contributed by atoms with Crippen LogP contribution in [-0.4, -0.2) is 40.8 Å². The Morgan fingerprint density at radius 2 is 1.84 bits per heavy atom. The van der Waals surface area contributed by atoms with Crippen LogP contribution in [0.5, 0.6) is 0 Å². The molecule has 0 saturated heterocycles. The highest BCUT2D eigenvalue weighted by Crippen LogP contribution is 2.31. The Morgan fingerprint density at radius 1 is 1.20 bits per heavy atom. The predicted octanol–water partition coefficient (Wildman–Crippen LogP) is 3.03.